The molecule has 0 radical (unpaired) electrons. The minimum absolute atomic E-state index is 0.170. The molecule has 0 bridgehead atoms. The molecule has 150 valence electrons. The van der Waals surface area contributed by atoms with Crippen molar-refractivity contribution in [1.29, 1.82) is 0 Å². The van der Waals surface area contributed by atoms with Gasteiger partial charge in [-0.25, -0.2) is 19.9 Å². The number of aryl methyl sites for hydroxylation is 2. The third-order valence-electron chi connectivity index (χ3n) is 3.74. The first-order valence-electron chi connectivity index (χ1n) is 9.21. The minimum atomic E-state index is -0.294. The van der Waals surface area contributed by atoms with Gasteiger partial charge in [0.05, 0.1) is 0 Å². The summed E-state index contributed by atoms with van der Waals surface area (Å²) in [5.74, 6) is 1.84. The lowest BCUT2D eigenvalue weighted by Gasteiger charge is -2.10. The van der Waals surface area contributed by atoms with Crippen LogP contribution in [-0.2, 0) is 4.79 Å². The number of rotatable bonds is 8. The van der Waals surface area contributed by atoms with E-state index in [-0.39, 0.29) is 18.5 Å². The summed E-state index contributed by atoms with van der Waals surface area (Å²) in [4.78, 5) is 28.8. The summed E-state index contributed by atoms with van der Waals surface area (Å²) in [7, 11) is 0. The largest absolute Gasteiger partial charge is 0.453 e. The van der Waals surface area contributed by atoms with Gasteiger partial charge in [0.1, 0.15) is 17.5 Å². The monoisotopic (exact) mass is 393 g/mol. The number of anilines is 4. The highest BCUT2D eigenvalue weighted by Gasteiger charge is 2.06. The van der Waals surface area contributed by atoms with Crippen molar-refractivity contribution in [2.24, 2.45) is 0 Å². The third-order valence-corrected chi connectivity index (χ3v) is 3.74. The number of ether oxygens (including phenoxy) is 1. The van der Waals surface area contributed by atoms with Gasteiger partial charge in [0.2, 0.25) is 0 Å². The maximum absolute atomic E-state index is 12.1. The van der Waals surface area contributed by atoms with Crippen LogP contribution >= 0.6 is 0 Å². The van der Waals surface area contributed by atoms with E-state index >= 15 is 0 Å². The number of hydrogen-bond donors (Lipinski definition) is 3. The Labute approximate surface area is 169 Å². The summed E-state index contributed by atoms with van der Waals surface area (Å²) in [6.45, 7) is 6.29. The molecule has 0 spiro atoms. The fourth-order valence-corrected chi connectivity index (χ4v) is 2.51. The normalized spacial score (nSPS) is 10.3. The molecule has 3 aromatic rings. The van der Waals surface area contributed by atoms with Gasteiger partial charge < -0.3 is 20.7 Å². The number of carbonyl (C=O) groups excluding carboxylic acids is 1. The van der Waals surface area contributed by atoms with Crippen molar-refractivity contribution in [3.05, 3.63) is 54.1 Å². The maximum atomic E-state index is 12.1. The fourth-order valence-electron chi connectivity index (χ4n) is 2.51. The van der Waals surface area contributed by atoms with E-state index < -0.39 is 0 Å². The molecule has 9 nitrogen and oxygen atoms in total. The van der Waals surface area contributed by atoms with Gasteiger partial charge in [0, 0.05) is 35.9 Å². The van der Waals surface area contributed by atoms with Crippen LogP contribution < -0.4 is 20.7 Å². The molecule has 0 unspecified atom stereocenters. The van der Waals surface area contributed by atoms with E-state index in [1.54, 1.807) is 24.4 Å². The van der Waals surface area contributed by atoms with Crippen molar-refractivity contribution in [1.82, 2.24) is 19.9 Å². The predicted octanol–water partition coefficient (Wildman–Crippen LogP) is 3.08. The summed E-state index contributed by atoms with van der Waals surface area (Å²) < 4.78 is 5.30. The maximum Gasteiger partial charge on any atom is 0.317 e. The zero-order chi connectivity index (χ0) is 20.6. The summed E-state index contributed by atoms with van der Waals surface area (Å²) in [6.07, 6.45) is 1.59. The molecule has 0 saturated carbocycles. The van der Waals surface area contributed by atoms with Crippen molar-refractivity contribution >= 4 is 28.9 Å². The van der Waals surface area contributed by atoms with Gasteiger partial charge in [-0.1, -0.05) is 0 Å². The first-order valence-corrected chi connectivity index (χ1v) is 9.21. The Balaban J connectivity index is 1.55. The van der Waals surface area contributed by atoms with Crippen LogP contribution in [0.25, 0.3) is 0 Å². The van der Waals surface area contributed by atoms with E-state index in [1.165, 1.54) is 0 Å². The molecule has 29 heavy (non-hydrogen) atoms. The van der Waals surface area contributed by atoms with Gasteiger partial charge in [-0.2, -0.15) is 0 Å². The summed E-state index contributed by atoms with van der Waals surface area (Å²) in [6, 6.07) is 11.1. The second-order valence-electron chi connectivity index (χ2n) is 6.24. The second-order valence-corrected chi connectivity index (χ2v) is 6.24. The average molecular weight is 393 g/mol. The lowest BCUT2D eigenvalue weighted by atomic mass is 10.2. The third kappa shape index (κ3) is 6.13. The van der Waals surface area contributed by atoms with Crippen LogP contribution in [0.2, 0.25) is 0 Å². The van der Waals surface area contributed by atoms with Crippen LogP contribution in [-0.4, -0.2) is 39.0 Å². The minimum Gasteiger partial charge on any atom is -0.453 e. The highest BCUT2D eigenvalue weighted by molar-refractivity contribution is 5.92. The number of amides is 1. The fraction of sp³-hybridized carbons (Fsp3) is 0.250. The van der Waals surface area contributed by atoms with E-state index in [0.717, 1.165) is 23.7 Å². The summed E-state index contributed by atoms with van der Waals surface area (Å²) in [5, 5.41) is 9.17. The van der Waals surface area contributed by atoms with Crippen molar-refractivity contribution < 1.29 is 9.53 Å². The Kier molecular flexibility index (Phi) is 6.51. The Bertz CT molecular complexity index is 977. The molecule has 1 aromatic carbocycles. The molecule has 0 aliphatic carbocycles. The lowest BCUT2D eigenvalue weighted by Crippen LogP contribution is -2.20. The van der Waals surface area contributed by atoms with Crippen LogP contribution in [0.5, 0.6) is 6.01 Å². The Morgan fingerprint density at radius 3 is 2.45 bits per heavy atom. The SMILES string of the molecule is CCNc1cc(Nc2ccc(NC(=O)COc3nccc(C)n3)cc2)nc(C)n1. The van der Waals surface area contributed by atoms with Crippen LogP contribution in [0.1, 0.15) is 18.4 Å². The topological polar surface area (TPSA) is 114 Å². The Hall–Kier alpha value is -3.75. The number of nitrogens with one attached hydrogen (secondary N) is 3. The summed E-state index contributed by atoms with van der Waals surface area (Å²) in [5.41, 5.74) is 2.27. The Morgan fingerprint density at radius 1 is 1.00 bits per heavy atom. The van der Waals surface area contributed by atoms with Gasteiger partial charge >= 0.3 is 6.01 Å². The molecule has 3 N–H and O–H groups in total. The molecule has 0 aliphatic heterocycles. The van der Waals surface area contributed by atoms with Crippen molar-refractivity contribution in [2.75, 3.05) is 29.1 Å². The molecule has 0 aliphatic rings. The van der Waals surface area contributed by atoms with Gasteiger partial charge in [0.15, 0.2) is 6.61 Å². The van der Waals surface area contributed by atoms with E-state index in [9.17, 15) is 4.79 Å². The highest BCUT2D eigenvalue weighted by atomic mass is 16.5. The molecule has 3 rings (SSSR count). The number of benzene rings is 1. The molecule has 0 atom stereocenters. The number of hydrogen-bond acceptors (Lipinski definition) is 8. The first-order chi connectivity index (χ1) is 14.0. The smallest absolute Gasteiger partial charge is 0.317 e. The van der Waals surface area contributed by atoms with Crippen molar-refractivity contribution in [2.45, 2.75) is 20.8 Å². The lowest BCUT2D eigenvalue weighted by molar-refractivity contribution is -0.118. The van der Waals surface area contributed by atoms with Gasteiger partial charge in [-0.15, -0.1) is 0 Å². The Morgan fingerprint density at radius 2 is 1.72 bits per heavy atom. The molecular formula is C20H23N7O2. The van der Waals surface area contributed by atoms with Crippen LogP contribution in [0.4, 0.5) is 23.0 Å². The van der Waals surface area contributed by atoms with Gasteiger partial charge in [-0.05, 0) is 51.1 Å². The van der Waals surface area contributed by atoms with Crippen molar-refractivity contribution in [3.63, 3.8) is 0 Å². The highest BCUT2D eigenvalue weighted by Crippen LogP contribution is 2.19. The molecule has 0 fully saturated rings. The van der Waals surface area contributed by atoms with Crippen LogP contribution in [0, 0.1) is 13.8 Å². The quantitative estimate of drug-likeness (QED) is 0.535. The number of aromatic nitrogens is 4. The average Bonchev–Trinajstić information content (AvgIpc) is 2.68. The summed E-state index contributed by atoms with van der Waals surface area (Å²) >= 11 is 0. The number of nitrogens with zero attached hydrogens (tertiary/aromatic N) is 4. The zero-order valence-electron chi connectivity index (χ0n) is 16.6. The van der Waals surface area contributed by atoms with Gasteiger partial charge in [0.25, 0.3) is 5.91 Å². The number of carbonyl (C=O) groups is 1. The van der Waals surface area contributed by atoms with Gasteiger partial charge in [-0.3, -0.25) is 4.79 Å². The van der Waals surface area contributed by atoms with E-state index in [1.807, 2.05) is 39.0 Å². The standard InChI is InChI=1S/C20H23N7O2/c1-4-21-17-11-18(25-14(3)24-17)26-15-5-7-16(8-6-15)27-19(28)12-29-20-22-10-9-13(2)23-20/h5-11H,4,12H2,1-3H3,(H,27,28)(H2,21,24,25,26). The van der Waals surface area contributed by atoms with E-state index in [4.69, 9.17) is 4.74 Å². The second kappa shape index (κ2) is 9.45. The van der Waals surface area contributed by atoms with Crippen LogP contribution in [0.15, 0.2) is 42.6 Å². The molecule has 2 aromatic heterocycles. The predicted molar refractivity (Wildman–Crippen MR) is 112 cm³/mol. The van der Waals surface area contributed by atoms with Crippen LogP contribution in [0.3, 0.4) is 0 Å². The molecule has 2 heterocycles. The molecule has 0 saturated heterocycles. The molecule has 9 heteroatoms. The molecular weight excluding hydrogens is 370 g/mol. The molecule has 1 amide bonds. The first kappa shape index (κ1) is 20.0. The zero-order valence-corrected chi connectivity index (χ0v) is 16.6. The van der Waals surface area contributed by atoms with E-state index in [2.05, 4.69) is 35.9 Å². The van der Waals surface area contributed by atoms with E-state index in [0.29, 0.717) is 17.3 Å². The van der Waals surface area contributed by atoms with Crippen molar-refractivity contribution in [3.8, 4) is 6.01 Å².